The van der Waals surface area contributed by atoms with Gasteiger partial charge in [-0.2, -0.15) is 11.8 Å². The van der Waals surface area contributed by atoms with Gasteiger partial charge in [-0.05, 0) is 48.0 Å². The molecule has 0 aliphatic carbocycles. The van der Waals surface area contributed by atoms with Crippen LogP contribution >= 0.6 is 11.8 Å². The average Bonchev–Trinajstić information content (AvgIpc) is 2.83. The quantitative estimate of drug-likeness (QED) is 0.199. The van der Waals surface area contributed by atoms with E-state index in [9.17, 15) is 29.4 Å². The summed E-state index contributed by atoms with van der Waals surface area (Å²) >= 11 is 1.57. The molecular weight excluding hydrogens is 484 g/mol. The normalized spacial score (nSPS) is 15.3. The van der Waals surface area contributed by atoms with Crippen LogP contribution in [0.3, 0.4) is 0 Å². The number of aromatic hydroxyl groups is 1. The molecule has 11 heteroatoms. The molecular formula is C25H40N4O6S. The Balaban J connectivity index is 2.97. The second-order valence-electron chi connectivity index (χ2n) is 9.26. The van der Waals surface area contributed by atoms with Crippen LogP contribution in [0.15, 0.2) is 24.3 Å². The molecule has 10 nitrogen and oxygen atoms in total. The molecule has 7 N–H and O–H groups in total. The van der Waals surface area contributed by atoms with E-state index in [0.29, 0.717) is 24.2 Å². The van der Waals surface area contributed by atoms with E-state index < -0.39 is 47.9 Å². The molecule has 1 aromatic carbocycles. The number of hydrogen-bond donors (Lipinski definition) is 6. The van der Waals surface area contributed by atoms with Gasteiger partial charge in [0.05, 0.1) is 6.04 Å². The number of hydrogen-bond acceptors (Lipinski definition) is 7. The first-order chi connectivity index (χ1) is 16.9. The third-order valence-corrected chi connectivity index (χ3v) is 6.64. The van der Waals surface area contributed by atoms with E-state index in [1.165, 1.54) is 12.1 Å². The first-order valence-electron chi connectivity index (χ1n) is 12.1. The largest absolute Gasteiger partial charge is 0.508 e. The molecule has 0 radical (unpaired) electrons. The first kappa shape index (κ1) is 31.2. The van der Waals surface area contributed by atoms with Crippen molar-refractivity contribution < 1.29 is 29.4 Å². The van der Waals surface area contributed by atoms with Crippen LogP contribution in [-0.2, 0) is 25.6 Å². The highest BCUT2D eigenvalue weighted by atomic mass is 32.2. The molecule has 0 saturated carbocycles. The molecule has 5 atom stereocenters. The highest BCUT2D eigenvalue weighted by Crippen LogP contribution is 2.13. The molecule has 5 unspecified atom stereocenters. The molecule has 3 amide bonds. The van der Waals surface area contributed by atoms with Gasteiger partial charge >= 0.3 is 5.97 Å². The number of carbonyl (C=O) groups excluding carboxylic acids is 3. The number of rotatable bonds is 15. The number of nitrogens with one attached hydrogen (secondary N) is 3. The van der Waals surface area contributed by atoms with Gasteiger partial charge in [-0.1, -0.05) is 46.2 Å². The maximum absolute atomic E-state index is 13.2. The molecule has 0 saturated heterocycles. The summed E-state index contributed by atoms with van der Waals surface area (Å²) in [4.78, 5) is 50.6. The molecule has 0 spiro atoms. The number of carboxylic acid groups (broad SMARTS) is 1. The fourth-order valence-corrected chi connectivity index (χ4v) is 3.94. The number of phenolic OH excluding ortho intramolecular Hbond substituents is 1. The Morgan fingerprint density at radius 3 is 2.00 bits per heavy atom. The van der Waals surface area contributed by atoms with Gasteiger partial charge in [-0.15, -0.1) is 0 Å². The lowest BCUT2D eigenvalue weighted by Crippen LogP contribution is -2.60. The summed E-state index contributed by atoms with van der Waals surface area (Å²) in [5.41, 5.74) is 6.57. The predicted molar refractivity (Wildman–Crippen MR) is 141 cm³/mol. The molecule has 1 aromatic rings. The SMILES string of the molecule is CCC(C)C(NC(=O)C(N)CCSC)C(=O)NC(C(=O)NC(Cc1ccc(O)cc1)C(=O)O)C(C)C. The van der Waals surface area contributed by atoms with E-state index in [4.69, 9.17) is 5.73 Å². The Morgan fingerprint density at radius 2 is 1.50 bits per heavy atom. The average molecular weight is 525 g/mol. The minimum atomic E-state index is -1.24. The van der Waals surface area contributed by atoms with E-state index in [1.807, 2.05) is 20.1 Å². The maximum atomic E-state index is 13.2. The van der Waals surface area contributed by atoms with E-state index in [-0.39, 0.29) is 24.0 Å². The summed E-state index contributed by atoms with van der Waals surface area (Å²) in [5.74, 6) is -2.66. The number of carbonyl (C=O) groups is 4. The molecule has 0 bridgehead atoms. The van der Waals surface area contributed by atoms with Crippen LogP contribution in [0.1, 0.15) is 46.1 Å². The number of phenols is 1. The van der Waals surface area contributed by atoms with Crippen LogP contribution < -0.4 is 21.7 Å². The van der Waals surface area contributed by atoms with E-state index in [1.54, 1.807) is 37.7 Å². The number of nitrogens with two attached hydrogens (primary N) is 1. The summed E-state index contributed by atoms with van der Waals surface area (Å²) < 4.78 is 0. The van der Waals surface area contributed by atoms with Gasteiger partial charge in [0, 0.05) is 6.42 Å². The summed E-state index contributed by atoms with van der Waals surface area (Å²) in [7, 11) is 0. The van der Waals surface area contributed by atoms with Crippen molar-refractivity contribution in [1.82, 2.24) is 16.0 Å². The Kier molecular flexibility index (Phi) is 13.3. The molecule has 1 rings (SSSR count). The van der Waals surface area contributed by atoms with Gasteiger partial charge in [-0.3, -0.25) is 14.4 Å². The lowest BCUT2D eigenvalue weighted by molar-refractivity contribution is -0.142. The minimum absolute atomic E-state index is 0.000397. The van der Waals surface area contributed by atoms with Crippen LogP contribution in [0.25, 0.3) is 0 Å². The van der Waals surface area contributed by atoms with Crippen molar-refractivity contribution >= 4 is 35.5 Å². The predicted octanol–water partition coefficient (Wildman–Crippen LogP) is 1.26. The van der Waals surface area contributed by atoms with Crippen LogP contribution in [-0.4, -0.2) is 70.1 Å². The van der Waals surface area contributed by atoms with Crippen molar-refractivity contribution in [2.24, 2.45) is 17.6 Å². The van der Waals surface area contributed by atoms with Crippen molar-refractivity contribution in [3.63, 3.8) is 0 Å². The smallest absolute Gasteiger partial charge is 0.326 e. The molecule has 36 heavy (non-hydrogen) atoms. The third-order valence-electron chi connectivity index (χ3n) is 6.00. The van der Waals surface area contributed by atoms with Crippen LogP contribution in [0.2, 0.25) is 0 Å². The van der Waals surface area contributed by atoms with Gasteiger partial charge in [0.2, 0.25) is 17.7 Å². The number of carboxylic acids is 1. The van der Waals surface area contributed by atoms with Gasteiger partial charge in [0.15, 0.2) is 0 Å². The zero-order valence-corrected chi connectivity index (χ0v) is 22.4. The van der Waals surface area contributed by atoms with Crippen molar-refractivity contribution in [1.29, 1.82) is 0 Å². The molecule has 0 aliphatic heterocycles. The Bertz CT molecular complexity index is 880. The van der Waals surface area contributed by atoms with Gasteiger partial charge in [-0.25, -0.2) is 4.79 Å². The summed E-state index contributed by atoms with van der Waals surface area (Å²) in [6.07, 6.45) is 2.98. The Hall–Kier alpha value is -2.79. The van der Waals surface area contributed by atoms with Crippen LogP contribution in [0, 0.1) is 11.8 Å². The van der Waals surface area contributed by atoms with E-state index in [0.717, 1.165) is 0 Å². The molecule has 0 aliphatic rings. The summed E-state index contributed by atoms with van der Waals surface area (Å²) in [5, 5.41) is 27.0. The van der Waals surface area contributed by atoms with Crippen molar-refractivity contribution in [2.45, 2.75) is 71.1 Å². The molecule has 0 heterocycles. The maximum Gasteiger partial charge on any atom is 0.326 e. The second kappa shape index (κ2) is 15.4. The highest BCUT2D eigenvalue weighted by molar-refractivity contribution is 7.98. The second-order valence-corrected chi connectivity index (χ2v) is 10.2. The number of aliphatic carboxylic acids is 1. The summed E-state index contributed by atoms with van der Waals surface area (Å²) in [6, 6.07) is 2.10. The fraction of sp³-hybridized carbons (Fsp3) is 0.600. The van der Waals surface area contributed by atoms with Crippen molar-refractivity contribution in [3.8, 4) is 5.75 Å². The van der Waals surface area contributed by atoms with Crippen LogP contribution in [0.5, 0.6) is 5.75 Å². The lowest BCUT2D eigenvalue weighted by Gasteiger charge is -2.29. The fourth-order valence-electron chi connectivity index (χ4n) is 3.45. The minimum Gasteiger partial charge on any atom is -0.508 e. The zero-order chi connectivity index (χ0) is 27.4. The van der Waals surface area contributed by atoms with Crippen molar-refractivity contribution in [3.05, 3.63) is 29.8 Å². The van der Waals surface area contributed by atoms with Gasteiger partial charge < -0.3 is 31.9 Å². The molecule has 0 aromatic heterocycles. The monoisotopic (exact) mass is 524 g/mol. The number of amides is 3. The zero-order valence-electron chi connectivity index (χ0n) is 21.6. The lowest BCUT2D eigenvalue weighted by atomic mass is 9.96. The molecule has 0 fully saturated rings. The van der Waals surface area contributed by atoms with E-state index >= 15 is 0 Å². The Morgan fingerprint density at radius 1 is 0.944 bits per heavy atom. The van der Waals surface area contributed by atoms with Gasteiger partial charge in [0.1, 0.15) is 23.9 Å². The number of benzene rings is 1. The molecule has 202 valence electrons. The highest BCUT2D eigenvalue weighted by Gasteiger charge is 2.33. The standard InChI is InChI=1S/C25H40N4O6S/c1-6-15(4)21(29-22(31)18(26)11-12-36-5)24(33)28-20(14(2)3)23(32)27-19(25(34)35)13-16-7-9-17(30)10-8-16/h7-10,14-15,18-21,30H,6,11-13,26H2,1-5H3,(H,27,32)(H,28,33)(H,29,31)(H,34,35). The van der Waals surface area contributed by atoms with E-state index in [2.05, 4.69) is 16.0 Å². The van der Waals surface area contributed by atoms with Crippen LogP contribution in [0.4, 0.5) is 0 Å². The van der Waals surface area contributed by atoms with Crippen molar-refractivity contribution in [2.75, 3.05) is 12.0 Å². The summed E-state index contributed by atoms with van der Waals surface area (Å²) in [6.45, 7) is 7.17. The topological polar surface area (TPSA) is 171 Å². The Labute approximate surface area is 217 Å². The number of thioether (sulfide) groups is 1. The first-order valence-corrected chi connectivity index (χ1v) is 13.5. The van der Waals surface area contributed by atoms with Gasteiger partial charge in [0.25, 0.3) is 0 Å². The third kappa shape index (κ3) is 10.1.